The van der Waals surface area contributed by atoms with Crippen LogP contribution in [0.25, 0.3) is 11.0 Å². The van der Waals surface area contributed by atoms with Crippen LogP contribution in [0.1, 0.15) is 69.8 Å². The molecular formula is C18H27NO. The zero-order valence-corrected chi connectivity index (χ0v) is 13.4. The molecule has 2 heteroatoms. The van der Waals surface area contributed by atoms with Gasteiger partial charge in [0.2, 0.25) is 0 Å². The third kappa shape index (κ3) is 2.90. The first-order chi connectivity index (χ1) is 9.58. The van der Waals surface area contributed by atoms with Crippen LogP contribution in [0, 0.1) is 0 Å². The molecule has 1 aromatic heterocycles. The number of nitrogens with one attached hydrogen (secondary N) is 1. The van der Waals surface area contributed by atoms with Gasteiger partial charge >= 0.3 is 0 Å². The average Bonchev–Trinajstić information content (AvgIpc) is 2.81. The molecule has 0 amide bonds. The lowest BCUT2D eigenvalue weighted by atomic mass is 9.93. The fraction of sp³-hybridized carbons (Fsp3) is 0.556. The maximum Gasteiger partial charge on any atom is 0.134 e. The van der Waals surface area contributed by atoms with E-state index in [1.165, 1.54) is 22.9 Å². The zero-order chi connectivity index (χ0) is 14.7. The lowest BCUT2D eigenvalue weighted by Gasteiger charge is -2.10. The van der Waals surface area contributed by atoms with Crippen molar-refractivity contribution in [3.63, 3.8) is 0 Å². The maximum atomic E-state index is 6.07. The molecule has 0 aliphatic carbocycles. The molecule has 0 spiro atoms. The lowest BCUT2D eigenvalue weighted by Crippen LogP contribution is -2.12. The van der Waals surface area contributed by atoms with Gasteiger partial charge in [-0.3, -0.25) is 0 Å². The third-order valence-corrected chi connectivity index (χ3v) is 4.12. The molecule has 0 radical (unpaired) electrons. The summed E-state index contributed by atoms with van der Waals surface area (Å²) in [5.41, 5.74) is 3.80. The molecule has 2 aromatic rings. The van der Waals surface area contributed by atoms with Gasteiger partial charge in [0.05, 0.1) is 6.54 Å². The van der Waals surface area contributed by atoms with E-state index in [-0.39, 0.29) is 0 Å². The van der Waals surface area contributed by atoms with E-state index in [4.69, 9.17) is 4.42 Å². The van der Waals surface area contributed by atoms with E-state index in [0.717, 1.165) is 24.4 Å². The molecule has 1 N–H and O–H groups in total. The Morgan fingerprint density at radius 2 is 1.90 bits per heavy atom. The summed E-state index contributed by atoms with van der Waals surface area (Å²) in [7, 11) is 0. The Morgan fingerprint density at radius 3 is 2.50 bits per heavy atom. The highest BCUT2D eigenvalue weighted by Gasteiger charge is 2.17. The number of fused-ring (bicyclic) bond motifs is 1. The number of hydrogen-bond donors (Lipinski definition) is 1. The van der Waals surface area contributed by atoms with Crippen LogP contribution < -0.4 is 5.32 Å². The first-order valence-corrected chi connectivity index (χ1v) is 7.84. The van der Waals surface area contributed by atoms with Crippen LogP contribution in [-0.2, 0) is 6.54 Å². The Balaban J connectivity index is 2.52. The summed E-state index contributed by atoms with van der Waals surface area (Å²) in [5.74, 6) is 2.18. The van der Waals surface area contributed by atoms with Crippen molar-refractivity contribution in [2.24, 2.45) is 0 Å². The topological polar surface area (TPSA) is 25.2 Å². The average molecular weight is 273 g/mol. The summed E-state index contributed by atoms with van der Waals surface area (Å²) < 4.78 is 6.07. The van der Waals surface area contributed by atoms with Gasteiger partial charge < -0.3 is 9.73 Å². The highest BCUT2D eigenvalue weighted by Crippen LogP contribution is 2.34. The summed E-state index contributed by atoms with van der Waals surface area (Å²) in [5, 5.41) is 4.67. The van der Waals surface area contributed by atoms with E-state index in [1.54, 1.807) is 0 Å². The molecule has 110 valence electrons. The van der Waals surface area contributed by atoms with E-state index in [0.29, 0.717) is 11.8 Å². The smallest absolute Gasteiger partial charge is 0.134 e. The van der Waals surface area contributed by atoms with Gasteiger partial charge in [0, 0.05) is 10.9 Å². The molecule has 20 heavy (non-hydrogen) atoms. The zero-order valence-electron chi connectivity index (χ0n) is 13.4. The van der Waals surface area contributed by atoms with Crippen LogP contribution in [-0.4, -0.2) is 6.54 Å². The lowest BCUT2D eigenvalue weighted by molar-refractivity contribution is 0.510. The van der Waals surface area contributed by atoms with E-state index in [2.05, 4.69) is 58.1 Å². The molecule has 2 rings (SSSR count). The minimum atomic E-state index is 0.483. The molecular weight excluding hydrogens is 246 g/mol. The van der Waals surface area contributed by atoms with Crippen molar-refractivity contribution in [2.75, 3.05) is 6.54 Å². The minimum Gasteiger partial charge on any atom is -0.459 e. The quantitative estimate of drug-likeness (QED) is 0.784. The van der Waals surface area contributed by atoms with Crippen molar-refractivity contribution in [3.05, 3.63) is 35.1 Å². The molecule has 0 aliphatic rings. The maximum absolute atomic E-state index is 6.07. The first kappa shape index (κ1) is 15.1. The summed E-state index contributed by atoms with van der Waals surface area (Å²) in [4.78, 5) is 0. The predicted octanol–water partition coefficient (Wildman–Crippen LogP) is 5.18. The fourth-order valence-corrected chi connectivity index (χ4v) is 2.73. The van der Waals surface area contributed by atoms with Crippen LogP contribution in [0.4, 0.5) is 0 Å². The van der Waals surface area contributed by atoms with Crippen molar-refractivity contribution in [1.29, 1.82) is 0 Å². The van der Waals surface area contributed by atoms with Crippen LogP contribution in [0.3, 0.4) is 0 Å². The van der Waals surface area contributed by atoms with E-state index in [1.807, 2.05) is 0 Å². The Hall–Kier alpha value is -1.28. The van der Waals surface area contributed by atoms with Crippen molar-refractivity contribution < 1.29 is 4.42 Å². The summed E-state index contributed by atoms with van der Waals surface area (Å²) in [6.45, 7) is 12.9. The molecule has 2 nitrogen and oxygen atoms in total. The molecule has 1 heterocycles. The Bertz CT molecular complexity index is 568. The second-order valence-corrected chi connectivity index (χ2v) is 5.94. The molecule has 0 bridgehead atoms. The van der Waals surface area contributed by atoms with Gasteiger partial charge in [0.15, 0.2) is 0 Å². The molecule has 0 saturated heterocycles. The van der Waals surface area contributed by atoms with Crippen LogP contribution >= 0.6 is 0 Å². The van der Waals surface area contributed by atoms with Crippen molar-refractivity contribution in [3.8, 4) is 0 Å². The summed E-state index contributed by atoms with van der Waals surface area (Å²) in [6.07, 6.45) is 1.17. The highest BCUT2D eigenvalue weighted by atomic mass is 16.3. The van der Waals surface area contributed by atoms with Gasteiger partial charge in [0.1, 0.15) is 11.3 Å². The predicted molar refractivity (Wildman–Crippen MR) is 86.4 cm³/mol. The molecule has 0 fully saturated rings. The van der Waals surface area contributed by atoms with Crippen molar-refractivity contribution in [1.82, 2.24) is 5.32 Å². The largest absolute Gasteiger partial charge is 0.459 e. The fourth-order valence-electron chi connectivity index (χ4n) is 2.73. The van der Waals surface area contributed by atoms with Gasteiger partial charge in [-0.2, -0.15) is 0 Å². The Morgan fingerprint density at radius 1 is 1.15 bits per heavy atom. The molecule has 0 saturated carbocycles. The second kappa shape index (κ2) is 6.45. The monoisotopic (exact) mass is 273 g/mol. The van der Waals surface area contributed by atoms with Gasteiger partial charge in [-0.15, -0.1) is 0 Å². The van der Waals surface area contributed by atoms with Crippen molar-refractivity contribution >= 4 is 11.0 Å². The van der Waals surface area contributed by atoms with Gasteiger partial charge in [-0.1, -0.05) is 40.7 Å². The van der Waals surface area contributed by atoms with E-state index < -0.39 is 0 Å². The Kier molecular flexibility index (Phi) is 4.87. The minimum absolute atomic E-state index is 0.483. The van der Waals surface area contributed by atoms with E-state index in [9.17, 15) is 0 Å². The first-order valence-electron chi connectivity index (χ1n) is 7.84. The van der Waals surface area contributed by atoms with E-state index >= 15 is 0 Å². The SMILES string of the molecule is CCNCc1oc2ccc(C(C)CC)cc2c1C(C)C. The standard InChI is InChI=1S/C18H27NO/c1-6-13(5)14-8-9-16-15(10-14)18(12(3)4)17(20-16)11-19-7-2/h8-10,12-13,19H,6-7,11H2,1-5H3. The van der Waals surface area contributed by atoms with Gasteiger partial charge in [-0.25, -0.2) is 0 Å². The molecule has 1 unspecified atom stereocenters. The van der Waals surface area contributed by atoms with Gasteiger partial charge in [-0.05, 0) is 42.5 Å². The summed E-state index contributed by atoms with van der Waals surface area (Å²) >= 11 is 0. The molecule has 0 aliphatic heterocycles. The van der Waals surface area contributed by atoms with Gasteiger partial charge in [0.25, 0.3) is 0 Å². The summed E-state index contributed by atoms with van der Waals surface area (Å²) in [6, 6.07) is 6.68. The van der Waals surface area contributed by atoms with Crippen LogP contribution in [0.2, 0.25) is 0 Å². The molecule has 1 atom stereocenters. The third-order valence-electron chi connectivity index (χ3n) is 4.12. The van der Waals surface area contributed by atoms with Crippen LogP contribution in [0.5, 0.6) is 0 Å². The normalized spacial score (nSPS) is 13.3. The highest BCUT2D eigenvalue weighted by molar-refractivity contribution is 5.83. The second-order valence-electron chi connectivity index (χ2n) is 5.94. The van der Waals surface area contributed by atoms with Crippen LogP contribution in [0.15, 0.2) is 22.6 Å². The number of furan rings is 1. The molecule has 1 aromatic carbocycles. The number of hydrogen-bond acceptors (Lipinski definition) is 2. The number of rotatable bonds is 6. The Labute approximate surface area is 122 Å². The van der Waals surface area contributed by atoms with Crippen molar-refractivity contribution in [2.45, 2.75) is 59.4 Å². The number of benzene rings is 1.